The number of carbonyl (C=O) groups is 1. The van der Waals surface area contributed by atoms with Crippen molar-refractivity contribution in [3.05, 3.63) is 24.2 Å². The molecule has 2 aromatic rings. The molecule has 3 heterocycles. The lowest BCUT2D eigenvalue weighted by atomic mass is 9.96. The smallest absolute Gasteiger partial charge is 0.475 e. The van der Waals surface area contributed by atoms with Crippen molar-refractivity contribution in [3.8, 4) is 0 Å². The predicted molar refractivity (Wildman–Crippen MR) is 106 cm³/mol. The zero-order valence-corrected chi connectivity index (χ0v) is 17.3. The van der Waals surface area contributed by atoms with E-state index in [4.69, 9.17) is 24.7 Å². The molecule has 1 aliphatic rings. The summed E-state index contributed by atoms with van der Waals surface area (Å²) in [6, 6.07) is 4.52. The van der Waals surface area contributed by atoms with Crippen LogP contribution >= 0.6 is 0 Å². The number of alkyl halides is 3. The summed E-state index contributed by atoms with van der Waals surface area (Å²) < 4.78 is 38.8. The van der Waals surface area contributed by atoms with E-state index in [1.807, 2.05) is 16.8 Å². The van der Waals surface area contributed by atoms with Gasteiger partial charge in [0.15, 0.2) is 11.5 Å². The molecular weight excluding hydrogens is 403 g/mol. The van der Waals surface area contributed by atoms with Crippen molar-refractivity contribution in [2.75, 3.05) is 38.7 Å². The molecule has 0 aromatic carbocycles. The van der Waals surface area contributed by atoms with Crippen molar-refractivity contribution in [1.82, 2.24) is 19.5 Å². The minimum absolute atomic E-state index is 0.409. The number of aliphatic carboxylic acids is 1. The molecule has 0 saturated carbocycles. The van der Waals surface area contributed by atoms with Crippen molar-refractivity contribution < 1.29 is 27.8 Å². The van der Waals surface area contributed by atoms with Crippen LogP contribution in [-0.2, 0) is 9.53 Å². The van der Waals surface area contributed by atoms with Crippen LogP contribution in [0.4, 0.5) is 18.9 Å². The first-order valence-electron chi connectivity index (χ1n) is 9.74. The number of ether oxygens (including phenoxy) is 1. The third-order valence-electron chi connectivity index (χ3n) is 4.61. The lowest BCUT2D eigenvalue weighted by Gasteiger charge is -2.30. The number of anilines is 1. The number of hydrogen-bond donors (Lipinski definition) is 2. The van der Waals surface area contributed by atoms with Gasteiger partial charge >= 0.3 is 12.1 Å². The van der Waals surface area contributed by atoms with E-state index in [-0.39, 0.29) is 0 Å². The molecule has 0 spiro atoms. The number of carboxylic acids is 1. The van der Waals surface area contributed by atoms with Crippen molar-refractivity contribution in [3.63, 3.8) is 0 Å². The van der Waals surface area contributed by atoms with Crippen molar-refractivity contribution >= 4 is 17.3 Å². The van der Waals surface area contributed by atoms with E-state index >= 15 is 0 Å². The van der Waals surface area contributed by atoms with Gasteiger partial charge in [-0.15, -0.1) is 0 Å². The number of halogens is 3. The normalized spacial score (nSPS) is 15.8. The Hall–Kier alpha value is -2.40. The van der Waals surface area contributed by atoms with Crippen LogP contribution in [-0.4, -0.2) is 76.1 Å². The Kier molecular flexibility index (Phi) is 8.42. The average molecular weight is 431 g/mol. The minimum Gasteiger partial charge on any atom is -0.475 e. The highest BCUT2D eigenvalue weighted by atomic mass is 19.4. The van der Waals surface area contributed by atoms with E-state index in [2.05, 4.69) is 30.1 Å². The molecule has 3 rings (SSSR count). The molecule has 11 heteroatoms. The molecule has 0 amide bonds. The maximum absolute atomic E-state index is 10.6. The Morgan fingerprint density at radius 3 is 2.50 bits per heavy atom. The van der Waals surface area contributed by atoms with E-state index < -0.39 is 12.1 Å². The molecular formula is C19H28F3N5O3. The largest absolute Gasteiger partial charge is 0.490 e. The topological polar surface area (TPSA) is 92.0 Å². The fraction of sp³-hybridized carbons (Fsp3) is 0.632. The number of piperidine rings is 1. The highest BCUT2D eigenvalue weighted by molar-refractivity contribution is 5.73. The summed E-state index contributed by atoms with van der Waals surface area (Å²) in [5.41, 5.74) is 2.01. The summed E-state index contributed by atoms with van der Waals surface area (Å²) in [6.45, 7) is 8.30. The highest BCUT2D eigenvalue weighted by Gasteiger charge is 2.38. The van der Waals surface area contributed by atoms with E-state index in [0.29, 0.717) is 12.0 Å². The maximum atomic E-state index is 10.6. The van der Waals surface area contributed by atoms with E-state index in [9.17, 15) is 13.2 Å². The van der Waals surface area contributed by atoms with E-state index in [0.717, 1.165) is 56.2 Å². The third-order valence-corrected chi connectivity index (χ3v) is 4.61. The second kappa shape index (κ2) is 10.6. The molecule has 2 N–H and O–H groups in total. The molecule has 2 aromatic heterocycles. The van der Waals surface area contributed by atoms with Crippen molar-refractivity contribution in [1.29, 1.82) is 0 Å². The van der Waals surface area contributed by atoms with Crippen LogP contribution in [0.25, 0.3) is 5.65 Å². The van der Waals surface area contributed by atoms with Crippen LogP contribution < -0.4 is 5.32 Å². The van der Waals surface area contributed by atoms with E-state index in [1.165, 1.54) is 0 Å². The van der Waals surface area contributed by atoms with Crippen LogP contribution in [0.1, 0.15) is 38.4 Å². The fourth-order valence-electron chi connectivity index (χ4n) is 3.13. The molecule has 1 fully saturated rings. The number of methoxy groups -OCH3 is 1. The Balaban J connectivity index is 0.000000396. The minimum atomic E-state index is -5.08. The van der Waals surface area contributed by atoms with Crippen LogP contribution in [0.2, 0.25) is 0 Å². The summed E-state index contributed by atoms with van der Waals surface area (Å²) in [7, 11) is 1.76. The van der Waals surface area contributed by atoms with Gasteiger partial charge in [-0.3, -0.25) is 0 Å². The molecule has 8 nitrogen and oxygen atoms in total. The summed E-state index contributed by atoms with van der Waals surface area (Å²) in [5.74, 6) is -1.30. The third kappa shape index (κ3) is 7.13. The first kappa shape index (κ1) is 23.9. The van der Waals surface area contributed by atoms with E-state index in [1.54, 1.807) is 7.11 Å². The number of carboxylic acid groups (broad SMARTS) is 1. The Morgan fingerprint density at radius 1 is 1.33 bits per heavy atom. The molecule has 0 bridgehead atoms. The number of rotatable bonds is 6. The number of hydrogen-bond acceptors (Lipinski definition) is 6. The van der Waals surface area contributed by atoms with Gasteiger partial charge in [0.25, 0.3) is 0 Å². The molecule has 168 valence electrons. The molecule has 30 heavy (non-hydrogen) atoms. The number of likely N-dealkylation sites (tertiary alicyclic amines) is 1. The van der Waals surface area contributed by atoms with Crippen molar-refractivity contribution in [2.45, 2.75) is 44.8 Å². The van der Waals surface area contributed by atoms with Crippen molar-refractivity contribution in [2.24, 2.45) is 0 Å². The standard InChI is InChI=1S/C17H27N5O.C2HF3O2/c1-13(2)18-15-4-5-16-19-17(20-22(16)12-15)14-6-8-21(9-7-14)10-11-23-3;3-2(4,5)1(6)7/h4-5,12-14,18H,6-11H2,1-3H3;(H,6,7). The maximum Gasteiger partial charge on any atom is 0.490 e. The Bertz CT molecular complexity index is 817. The van der Waals surface area contributed by atoms with Gasteiger partial charge in [0.1, 0.15) is 0 Å². The molecule has 0 aliphatic carbocycles. The Labute approximate surface area is 173 Å². The zero-order chi connectivity index (χ0) is 22.3. The first-order chi connectivity index (χ1) is 14.1. The zero-order valence-electron chi connectivity index (χ0n) is 17.3. The van der Waals surface area contributed by atoms with Gasteiger partial charge in [-0.25, -0.2) is 14.3 Å². The van der Waals surface area contributed by atoms with Gasteiger partial charge in [0.2, 0.25) is 0 Å². The monoisotopic (exact) mass is 431 g/mol. The average Bonchev–Trinajstić information content (AvgIpc) is 3.09. The molecule has 1 aliphatic heterocycles. The summed E-state index contributed by atoms with van der Waals surface area (Å²) >= 11 is 0. The SMILES string of the molecule is COCCN1CCC(c2nc3ccc(NC(C)C)cn3n2)CC1.O=C(O)C(F)(F)F. The number of aromatic nitrogens is 3. The number of pyridine rings is 1. The molecule has 0 radical (unpaired) electrons. The molecule has 0 unspecified atom stereocenters. The highest BCUT2D eigenvalue weighted by Crippen LogP contribution is 2.26. The van der Waals surface area contributed by atoms with Crippen LogP contribution in [0.15, 0.2) is 18.3 Å². The van der Waals surface area contributed by atoms with Gasteiger partial charge < -0.3 is 20.1 Å². The second-order valence-electron chi connectivity index (χ2n) is 7.40. The van der Waals surface area contributed by atoms with Gasteiger partial charge in [-0.1, -0.05) is 0 Å². The summed E-state index contributed by atoms with van der Waals surface area (Å²) in [5, 5.41) is 15.2. The van der Waals surface area contributed by atoms with Gasteiger partial charge in [-0.05, 0) is 51.9 Å². The van der Waals surface area contributed by atoms with Gasteiger partial charge in [0, 0.05) is 25.6 Å². The Morgan fingerprint density at radius 2 is 1.97 bits per heavy atom. The van der Waals surface area contributed by atoms with Gasteiger partial charge in [-0.2, -0.15) is 18.3 Å². The van der Waals surface area contributed by atoms with Gasteiger partial charge in [0.05, 0.1) is 18.5 Å². The van der Waals surface area contributed by atoms with Crippen LogP contribution in [0.5, 0.6) is 0 Å². The lowest BCUT2D eigenvalue weighted by molar-refractivity contribution is -0.192. The fourth-order valence-corrected chi connectivity index (χ4v) is 3.13. The number of nitrogens with zero attached hydrogens (tertiary/aromatic N) is 4. The predicted octanol–water partition coefficient (Wildman–Crippen LogP) is 3.01. The number of fused-ring (bicyclic) bond motifs is 1. The van der Waals surface area contributed by atoms with Crippen LogP contribution in [0, 0.1) is 0 Å². The lowest BCUT2D eigenvalue weighted by Crippen LogP contribution is -2.35. The molecule has 1 saturated heterocycles. The first-order valence-corrected chi connectivity index (χ1v) is 9.74. The molecule has 0 atom stereocenters. The van der Waals surface area contributed by atoms with Crippen LogP contribution in [0.3, 0.4) is 0 Å². The second-order valence-corrected chi connectivity index (χ2v) is 7.40. The summed E-state index contributed by atoms with van der Waals surface area (Å²) in [6.07, 6.45) is -0.811. The number of nitrogens with one attached hydrogen (secondary N) is 1. The summed E-state index contributed by atoms with van der Waals surface area (Å²) in [4.78, 5) is 16.1. The quantitative estimate of drug-likeness (QED) is 0.726.